The maximum atomic E-state index is 12.6. The minimum Gasteiger partial charge on any atom is -0.484 e. The van der Waals surface area contributed by atoms with Crippen molar-refractivity contribution in [2.45, 2.75) is 25.9 Å². The largest absolute Gasteiger partial charge is 0.484 e. The predicted molar refractivity (Wildman–Crippen MR) is 131 cm³/mol. The van der Waals surface area contributed by atoms with Crippen molar-refractivity contribution >= 4 is 0 Å². The zero-order valence-corrected chi connectivity index (χ0v) is 19.4. The average Bonchev–Trinajstić information content (AvgIpc) is 2.90. The van der Waals surface area contributed by atoms with Gasteiger partial charge in [-0.2, -0.15) is 18.2 Å². The molecule has 0 atom stereocenters. The number of nitrogens with zero attached hydrogens (tertiary/aromatic N) is 1. The van der Waals surface area contributed by atoms with Gasteiger partial charge in [-0.05, 0) is 34.9 Å². The van der Waals surface area contributed by atoms with Crippen molar-refractivity contribution in [3.8, 4) is 28.6 Å². The molecule has 5 nitrogen and oxygen atoms in total. The van der Waals surface area contributed by atoms with Crippen LogP contribution in [-0.2, 0) is 19.8 Å². The van der Waals surface area contributed by atoms with Crippen LogP contribution >= 0.6 is 0 Å². The molecule has 0 saturated carbocycles. The summed E-state index contributed by atoms with van der Waals surface area (Å²) in [5, 5.41) is 0. The molecule has 3 aromatic carbocycles. The highest BCUT2D eigenvalue weighted by molar-refractivity contribution is 5.70. The van der Waals surface area contributed by atoms with E-state index in [4.69, 9.17) is 19.9 Å². The second-order valence-electron chi connectivity index (χ2n) is 7.98. The molecule has 2 N–H and O–H groups in total. The monoisotopic (exact) mass is 494 g/mol. The first-order chi connectivity index (χ1) is 17.4. The molecule has 0 spiro atoms. The van der Waals surface area contributed by atoms with E-state index in [9.17, 15) is 13.2 Å². The van der Waals surface area contributed by atoms with Crippen molar-refractivity contribution in [1.82, 2.24) is 4.98 Å². The molecule has 0 fully saturated rings. The van der Waals surface area contributed by atoms with E-state index in [1.165, 1.54) is 6.07 Å². The van der Waals surface area contributed by atoms with Crippen LogP contribution in [0, 0.1) is 0 Å². The second-order valence-corrected chi connectivity index (χ2v) is 7.98. The molecule has 36 heavy (non-hydrogen) atoms. The third-order valence-corrected chi connectivity index (χ3v) is 5.27. The molecular weight excluding hydrogens is 469 g/mol. The summed E-state index contributed by atoms with van der Waals surface area (Å²) in [4.78, 5) is 4.57. The number of hydrogen-bond donors (Lipinski definition) is 1. The molecular formula is C28H25F3N2O3. The summed E-state index contributed by atoms with van der Waals surface area (Å²) >= 11 is 0. The second kappa shape index (κ2) is 11.6. The van der Waals surface area contributed by atoms with Gasteiger partial charge in [0.2, 0.25) is 11.8 Å². The van der Waals surface area contributed by atoms with Gasteiger partial charge in [-0.15, -0.1) is 0 Å². The topological polar surface area (TPSA) is 66.6 Å². The zero-order chi connectivity index (χ0) is 25.4. The molecule has 8 heteroatoms. The van der Waals surface area contributed by atoms with Gasteiger partial charge in [0.05, 0.1) is 0 Å². The Hall–Kier alpha value is -4.04. The molecule has 0 aliphatic carbocycles. The van der Waals surface area contributed by atoms with Gasteiger partial charge in [0.15, 0.2) is 6.61 Å². The lowest BCUT2D eigenvalue weighted by Crippen LogP contribution is -2.20. The van der Waals surface area contributed by atoms with Gasteiger partial charge in [0, 0.05) is 23.7 Å². The Morgan fingerprint density at radius 1 is 0.722 bits per heavy atom. The SMILES string of the molecule is NCc1cc(-c2ccc(OCc3ccccc3)nc2OCc2ccccc2)ccc1OCC(F)(F)F. The Kier molecular flexibility index (Phi) is 8.07. The smallest absolute Gasteiger partial charge is 0.422 e. The Balaban J connectivity index is 1.61. The highest BCUT2D eigenvalue weighted by Gasteiger charge is 2.28. The minimum absolute atomic E-state index is 0.00688. The number of rotatable bonds is 10. The average molecular weight is 495 g/mol. The summed E-state index contributed by atoms with van der Waals surface area (Å²) < 4.78 is 54.7. The van der Waals surface area contributed by atoms with E-state index < -0.39 is 12.8 Å². The Labute approximate surface area is 207 Å². The zero-order valence-electron chi connectivity index (χ0n) is 19.4. The van der Waals surface area contributed by atoms with Gasteiger partial charge in [-0.1, -0.05) is 66.7 Å². The maximum absolute atomic E-state index is 12.6. The third-order valence-electron chi connectivity index (χ3n) is 5.27. The Morgan fingerprint density at radius 2 is 1.36 bits per heavy atom. The fraction of sp³-hybridized carbons (Fsp3) is 0.179. The third kappa shape index (κ3) is 6.99. The van der Waals surface area contributed by atoms with Crippen LogP contribution in [0.3, 0.4) is 0 Å². The number of ether oxygens (including phenoxy) is 3. The molecule has 0 saturated heterocycles. The lowest BCUT2D eigenvalue weighted by atomic mass is 10.0. The van der Waals surface area contributed by atoms with Crippen LogP contribution in [0.15, 0.2) is 91.0 Å². The summed E-state index contributed by atoms with van der Waals surface area (Å²) in [7, 11) is 0. The van der Waals surface area contributed by atoms with Crippen LogP contribution in [-0.4, -0.2) is 17.8 Å². The first kappa shape index (κ1) is 25.1. The van der Waals surface area contributed by atoms with Crippen LogP contribution in [0.5, 0.6) is 17.5 Å². The van der Waals surface area contributed by atoms with Gasteiger partial charge in [-0.25, -0.2) is 0 Å². The molecule has 0 bridgehead atoms. The number of pyridine rings is 1. The van der Waals surface area contributed by atoms with Crippen LogP contribution in [0.25, 0.3) is 11.1 Å². The van der Waals surface area contributed by atoms with Crippen molar-refractivity contribution in [3.05, 3.63) is 108 Å². The van der Waals surface area contributed by atoms with E-state index >= 15 is 0 Å². The van der Waals surface area contributed by atoms with Gasteiger partial charge in [0.25, 0.3) is 0 Å². The molecule has 1 aromatic heterocycles. The van der Waals surface area contributed by atoms with E-state index in [0.717, 1.165) is 11.1 Å². The maximum Gasteiger partial charge on any atom is 0.422 e. The molecule has 0 radical (unpaired) electrons. The normalized spacial score (nSPS) is 11.2. The minimum atomic E-state index is -4.44. The molecule has 0 aliphatic rings. The summed E-state index contributed by atoms with van der Waals surface area (Å²) in [6.07, 6.45) is -4.44. The van der Waals surface area contributed by atoms with E-state index in [-0.39, 0.29) is 18.9 Å². The van der Waals surface area contributed by atoms with Gasteiger partial charge >= 0.3 is 6.18 Å². The fourth-order valence-electron chi connectivity index (χ4n) is 3.50. The summed E-state index contributed by atoms with van der Waals surface area (Å²) in [5.74, 6) is 0.798. The van der Waals surface area contributed by atoms with Crippen molar-refractivity contribution in [3.63, 3.8) is 0 Å². The van der Waals surface area contributed by atoms with Crippen molar-refractivity contribution in [2.75, 3.05) is 6.61 Å². The van der Waals surface area contributed by atoms with Crippen molar-refractivity contribution in [1.29, 1.82) is 0 Å². The number of halogens is 3. The fourth-order valence-corrected chi connectivity index (χ4v) is 3.50. The Bertz CT molecular complexity index is 1270. The number of benzene rings is 3. The van der Waals surface area contributed by atoms with Crippen LogP contribution < -0.4 is 19.9 Å². The summed E-state index contributed by atoms with van der Waals surface area (Å²) in [6, 6.07) is 27.7. The molecule has 0 unspecified atom stereocenters. The van der Waals surface area contributed by atoms with E-state index in [2.05, 4.69) is 4.98 Å². The van der Waals surface area contributed by atoms with E-state index in [1.54, 1.807) is 24.3 Å². The predicted octanol–water partition coefficient (Wildman–Crippen LogP) is 6.31. The standard InChI is InChI=1S/C28H25F3N2O3/c29-28(30,31)19-36-25-13-11-22(15-23(25)16-32)24-12-14-26(34-17-20-7-3-1-4-8-20)33-27(24)35-18-21-9-5-2-6-10-21/h1-15H,16-19,32H2. The Morgan fingerprint density at radius 3 is 1.97 bits per heavy atom. The van der Waals surface area contributed by atoms with Crippen LogP contribution in [0.2, 0.25) is 0 Å². The molecule has 0 aliphatic heterocycles. The molecule has 186 valence electrons. The van der Waals surface area contributed by atoms with E-state index in [0.29, 0.717) is 35.1 Å². The number of aromatic nitrogens is 1. The molecule has 1 heterocycles. The number of hydrogen-bond acceptors (Lipinski definition) is 5. The van der Waals surface area contributed by atoms with Gasteiger partial charge < -0.3 is 19.9 Å². The van der Waals surface area contributed by atoms with Crippen molar-refractivity contribution < 1.29 is 27.4 Å². The molecule has 4 aromatic rings. The van der Waals surface area contributed by atoms with Gasteiger partial charge in [-0.3, -0.25) is 0 Å². The van der Waals surface area contributed by atoms with Crippen LogP contribution in [0.4, 0.5) is 13.2 Å². The van der Waals surface area contributed by atoms with Gasteiger partial charge in [0.1, 0.15) is 19.0 Å². The lowest BCUT2D eigenvalue weighted by molar-refractivity contribution is -0.153. The van der Waals surface area contributed by atoms with E-state index in [1.807, 2.05) is 60.7 Å². The highest BCUT2D eigenvalue weighted by Crippen LogP contribution is 2.34. The first-order valence-corrected chi connectivity index (χ1v) is 11.3. The summed E-state index contributed by atoms with van der Waals surface area (Å²) in [5.41, 5.74) is 9.52. The lowest BCUT2D eigenvalue weighted by Gasteiger charge is -2.16. The summed E-state index contributed by atoms with van der Waals surface area (Å²) in [6.45, 7) is -0.764. The molecule has 4 rings (SSSR count). The highest BCUT2D eigenvalue weighted by atomic mass is 19.4. The number of nitrogens with two attached hydrogens (primary N) is 1. The first-order valence-electron chi connectivity index (χ1n) is 11.3. The molecule has 0 amide bonds. The number of alkyl halides is 3. The quantitative estimate of drug-likeness (QED) is 0.280. The van der Waals surface area contributed by atoms with Crippen molar-refractivity contribution in [2.24, 2.45) is 5.73 Å². The van der Waals surface area contributed by atoms with Crippen LogP contribution in [0.1, 0.15) is 16.7 Å².